The first-order valence-corrected chi connectivity index (χ1v) is 24.8. The average molecular weight is 1030 g/mol. The molecular weight excluding hydrogens is 997 g/mol. The number of carbonyl (C=O) groups is 3. The summed E-state index contributed by atoms with van der Waals surface area (Å²) in [6.07, 6.45) is 4.42. The van der Waals surface area contributed by atoms with E-state index in [0.29, 0.717) is 16.9 Å². The zero-order chi connectivity index (χ0) is 51.9. The van der Waals surface area contributed by atoms with Crippen LogP contribution in [0, 0.1) is 6.92 Å². The first-order valence-electron chi connectivity index (χ1n) is 20.4. The highest BCUT2D eigenvalue weighted by molar-refractivity contribution is 7.91. The Labute approximate surface area is 407 Å². The van der Waals surface area contributed by atoms with Crippen molar-refractivity contribution in [2.75, 3.05) is 22.3 Å². The third-order valence-electron chi connectivity index (χ3n) is 10.8. The number of hydrogen-bond donors (Lipinski definition) is 8. The average Bonchev–Trinajstić information content (AvgIpc) is 3.33. The summed E-state index contributed by atoms with van der Waals surface area (Å²) < 4.78 is 105. The lowest BCUT2D eigenvalue weighted by atomic mass is 9.94. The number of nitrogens with zero attached hydrogens (tertiary/aromatic N) is 6. The molecule has 0 saturated carbocycles. The number of nitrogen functional groups attached to an aromatic ring is 2. The molecule has 0 atom stereocenters. The van der Waals surface area contributed by atoms with Crippen LogP contribution >= 0.6 is 0 Å². The molecule has 10 N–H and O–H groups in total. The van der Waals surface area contributed by atoms with Crippen LogP contribution in [0.2, 0.25) is 0 Å². The van der Waals surface area contributed by atoms with E-state index in [1.54, 1.807) is 43.3 Å². The monoisotopic (exact) mass is 1030 g/mol. The number of fused-ring (bicyclic) bond motifs is 2. The van der Waals surface area contributed by atoms with Crippen molar-refractivity contribution in [2.24, 2.45) is 30.7 Å². The molecule has 0 saturated heterocycles. The van der Waals surface area contributed by atoms with Crippen LogP contribution in [-0.2, 0) is 39.9 Å². The Morgan fingerprint density at radius 1 is 0.625 bits per heavy atom. The summed E-state index contributed by atoms with van der Waals surface area (Å²) >= 11 is 0. The highest BCUT2D eigenvalue weighted by Crippen LogP contribution is 2.42. The van der Waals surface area contributed by atoms with E-state index in [9.17, 15) is 58.4 Å². The maximum Gasteiger partial charge on any atom is 0.339 e. The second-order valence-corrected chi connectivity index (χ2v) is 19.7. The lowest BCUT2D eigenvalue weighted by Gasteiger charge is -2.18. The van der Waals surface area contributed by atoms with Crippen molar-refractivity contribution >= 4 is 122 Å². The molecule has 0 bridgehead atoms. The molecule has 0 radical (unpaired) electrons. The maximum atomic E-state index is 14.0. The van der Waals surface area contributed by atoms with Crippen LogP contribution in [-0.4, -0.2) is 73.0 Å². The van der Waals surface area contributed by atoms with Gasteiger partial charge in [-0.1, -0.05) is 48.5 Å². The number of aliphatic carboxylic acids is 1. The van der Waals surface area contributed by atoms with Gasteiger partial charge in [-0.2, -0.15) is 40.6 Å². The first-order chi connectivity index (χ1) is 34.0. The fourth-order valence-corrected chi connectivity index (χ4v) is 9.20. The maximum absolute atomic E-state index is 14.0. The molecule has 364 valence electrons. The van der Waals surface area contributed by atoms with Gasteiger partial charge in [0.1, 0.15) is 37.3 Å². The molecule has 2 aliphatic carbocycles. The summed E-state index contributed by atoms with van der Waals surface area (Å²) in [5.41, 5.74) is 18.5. The van der Waals surface area contributed by atoms with E-state index in [-0.39, 0.29) is 50.5 Å². The Kier molecular flexibility index (Phi) is 13.1. The molecule has 6 aromatic rings. The van der Waals surface area contributed by atoms with E-state index in [2.05, 4.69) is 41.5 Å². The summed E-state index contributed by atoms with van der Waals surface area (Å²) in [4.78, 5) is 34.6. The fourth-order valence-electron chi connectivity index (χ4n) is 7.21. The van der Waals surface area contributed by atoms with Gasteiger partial charge < -0.3 is 16.6 Å². The van der Waals surface area contributed by atoms with Crippen LogP contribution in [0.1, 0.15) is 21.5 Å². The number of hydrazone groups is 2. The van der Waals surface area contributed by atoms with Crippen LogP contribution in [0.4, 0.5) is 45.5 Å². The predicted molar refractivity (Wildman–Crippen MR) is 266 cm³/mol. The largest absolute Gasteiger partial charge is 0.478 e. The molecule has 0 aliphatic heterocycles. The van der Waals surface area contributed by atoms with Gasteiger partial charge in [0, 0.05) is 16.3 Å². The SMILES string of the molecule is Cc1cc(N=Nc2cc3c(cc2S(=O)(=O)O)C=C(S(=O)(=O)O)/C(=N\Nc2ccc(S(=O)(=O)O)c4ccccc24)C3=O)c(N)c(N=Nc2ccc(-c3ccc(N/N=C4/C=CC(=O)C(C(=O)O)=C4)cc3)cc2)c1N. The van der Waals surface area contributed by atoms with E-state index < -0.39 is 85.1 Å². The van der Waals surface area contributed by atoms with E-state index in [4.69, 9.17) is 11.5 Å². The number of carboxylic acid groups (broad SMARTS) is 1. The predicted octanol–water partition coefficient (Wildman–Crippen LogP) is 8.11. The van der Waals surface area contributed by atoms with Crippen LogP contribution in [0.3, 0.4) is 0 Å². The van der Waals surface area contributed by atoms with Crippen LogP contribution in [0.25, 0.3) is 28.0 Å². The Morgan fingerprint density at radius 3 is 1.90 bits per heavy atom. The normalized spacial score (nSPS) is 15.3. The molecular formula is C46H34N10O13S3. The molecule has 0 spiro atoms. The number of benzene rings is 6. The van der Waals surface area contributed by atoms with E-state index in [0.717, 1.165) is 47.6 Å². The second kappa shape index (κ2) is 19.1. The smallest absolute Gasteiger partial charge is 0.339 e. The molecule has 0 heterocycles. The van der Waals surface area contributed by atoms with Crippen molar-refractivity contribution in [3.63, 3.8) is 0 Å². The Hall–Kier alpha value is -8.92. The van der Waals surface area contributed by atoms with Gasteiger partial charge in [-0.05, 0) is 108 Å². The molecule has 26 heteroatoms. The molecule has 6 aromatic carbocycles. The van der Waals surface area contributed by atoms with Gasteiger partial charge in [0.25, 0.3) is 30.4 Å². The number of nitrogens with two attached hydrogens (primary N) is 2. The number of Topliss-reactive ketones (excluding diaryl/α,β-unsaturated/α-hetero) is 1. The zero-order valence-corrected chi connectivity index (χ0v) is 39.1. The van der Waals surface area contributed by atoms with Gasteiger partial charge in [-0.3, -0.25) is 34.1 Å². The van der Waals surface area contributed by atoms with Gasteiger partial charge >= 0.3 is 5.97 Å². The molecule has 72 heavy (non-hydrogen) atoms. The minimum Gasteiger partial charge on any atom is -0.478 e. The number of ketones is 2. The quantitative estimate of drug-likeness (QED) is 0.0135. The zero-order valence-electron chi connectivity index (χ0n) is 36.7. The van der Waals surface area contributed by atoms with Crippen LogP contribution < -0.4 is 22.3 Å². The fraction of sp³-hybridized carbons (Fsp3) is 0.0217. The topological polar surface area (TPSA) is 385 Å². The van der Waals surface area contributed by atoms with Crippen molar-refractivity contribution < 1.29 is 58.4 Å². The summed E-state index contributed by atoms with van der Waals surface area (Å²) in [7, 11) is -15.1. The molecule has 0 amide bonds. The molecule has 23 nitrogen and oxygen atoms in total. The third kappa shape index (κ3) is 10.3. The highest BCUT2D eigenvalue weighted by Gasteiger charge is 2.35. The van der Waals surface area contributed by atoms with Gasteiger partial charge in [0.05, 0.1) is 34.1 Å². The first kappa shape index (κ1) is 49.5. The van der Waals surface area contributed by atoms with Gasteiger partial charge in [0.15, 0.2) is 11.5 Å². The second-order valence-electron chi connectivity index (χ2n) is 15.5. The van der Waals surface area contributed by atoms with Crippen molar-refractivity contribution in [3.8, 4) is 11.1 Å². The molecule has 2 aliphatic rings. The van der Waals surface area contributed by atoms with Gasteiger partial charge in [0.2, 0.25) is 5.78 Å². The molecule has 8 rings (SSSR count). The number of allylic oxidation sites excluding steroid dienone is 4. The highest BCUT2D eigenvalue weighted by atomic mass is 32.2. The summed E-state index contributed by atoms with van der Waals surface area (Å²) in [5, 5.41) is 34.1. The molecule has 0 unspecified atom stereocenters. The number of nitrogens with one attached hydrogen (secondary N) is 2. The lowest BCUT2D eigenvalue weighted by molar-refractivity contribution is -0.134. The molecule has 0 fully saturated rings. The van der Waals surface area contributed by atoms with Crippen LogP contribution in [0.5, 0.6) is 0 Å². The van der Waals surface area contributed by atoms with Crippen molar-refractivity contribution in [1.82, 2.24) is 0 Å². The number of anilines is 4. The van der Waals surface area contributed by atoms with E-state index in [1.165, 1.54) is 42.5 Å². The Morgan fingerprint density at radius 2 is 1.26 bits per heavy atom. The number of azo groups is 2. The van der Waals surface area contributed by atoms with Crippen molar-refractivity contribution in [3.05, 3.63) is 149 Å². The minimum atomic E-state index is -5.25. The van der Waals surface area contributed by atoms with Crippen molar-refractivity contribution in [2.45, 2.75) is 16.7 Å². The number of rotatable bonds is 13. The third-order valence-corrected chi connectivity index (χ3v) is 13.5. The van der Waals surface area contributed by atoms with E-state index >= 15 is 0 Å². The number of hydrogen-bond acceptors (Lipinski definition) is 19. The minimum absolute atomic E-state index is 0.0306. The summed E-state index contributed by atoms with van der Waals surface area (Å²) in [6.45, 7) is 1.59. The van der Waals surface area contributed by atoms with E-state index in [1.807, 2.05) is 12.1 Å². The standard InChI is InChI=1S/C46H34N10O13S3/c1-23-18-36(42(48)44(41(23)47)56-50-28-12-8-25(9-13-28)24-6-10-27(11-7-24)49-51-29-14-16-37(57)33(21-29)46(59)60)54-53-35-22-32-26(19-39(35)71(64,65)66)20-40(72(67,68)69)43(45(32)58)55-52-34-15-17-38(70(61,62)63)31-5-3-2-4-30(31)34/h2-22,49,52H,47-48H2,1H3,(H,59,60)(H,61,62,63)(H,64,65,66)(H,67,68,69)/b51-29-,54-53?,55-43+,56-50?. The number of carboxylic acids is 1. The van der Waals surface area contributed by atoms with Gasteiger partial charge in [-0.15, -0.1) is 15.3 Å². The molecule has 0 aromatic heterocycles. The van der Waals surface area contributed by atoms with Gasteiger partial charge in [-0.25, -0.2) is 4.79 Å². The Balaban J connectivity index is 1.05. The van der Waals surface area contributed by atoms with Crippen LogP contribution in [0.15, 0.2) is 172 Å². The number of carbonyl (C=O) groups excluding carboxylic acids is 2. The number of aryl methyl sites for hydroxylation is 1. The lowest BCUT2D eigenvalue weighted by Crippen LogP contribution is -2.27. The summed E-state index contributed by atoms with van der Waals surface area (Å²) in [5.74, 6) is -3.16. The van der Waals surface area contributed by atoms with Crippen molar-refractivity contribution in [1.29, 1.82) is 0 Å². The Bertz CT molecular complexity index is 3920. The summed E-state index contributed by atoms with van der Waals surface area (Å²) in [6, 6.07) is 25.1.